The van der Waals surface area contributed by atoms with Gasteiger partial charge in [0, 0.05) is 31.2 Å². The van der Waals surface area contributed by atoms with Gasteiger partial charge in [-0.3, -0.25) is 14.6 Å². The van der Waals surface area contributed by atoms with Crippen LogP contribution in [-0.2, 0) is 32.0 Å². The van der Waals surface area contributed by atoms with Gasteiger partial charge < -0.3 is 10.1 Å². The number of carbonyl (C=O) groups excluding carboxylic acids is 3. The first-order valence-corrected chi connectivity index (χ1v) is 9.61. The molecule has 2 atom stereocenters. The molecule has 0 saturated carbocycles. The Morgan fingerprint density at radius 1 is 1.03 bits per heavy atom. The zero-order valence-corrected chi connectivity index (χ0v) is 16.9. The normalized spacial score (nSPS) is 13.2. The van der Waals surface area contributed by atoms with Gasteiger partial charge in [-0.1, -0.05) is 30.3 Å². The Morgan fingerprint density at radius 3 is 2.26 bits per heavy atom. The average Bonchev–Trinajstić information content (AvgIpc) is 2.76. The Kier molecular flexibility index (Phi) is 8.72. The van der Waals surface area contributed by atoms with Crippen molar-refractivity contribution in [1.82, 2.24) is 10.3 Å². The third-order valence-corrected chi connectivity index (χ3v) is 4.73. The van der Waals surface area contributed by atoms with Gasteiger partial charge in [0.1, 0.15) is 6.04 Å². The van der Waals surface area contributed by atoms with Gasteiger partial charge in [-0.2, -0.15) is 13.2 Å². The summed E-state index contributed by atoms with van der Waals surface area (Å²) >= 11 is 0. The molecule has 6 nitrogen and oxygen atoms in total. The summed E-state index contributed by atoms with van der Waals surface area (Å²) in [5, 5.41) is 2.46. The smallest absolute Gasteiger partial charge is 0.449 e. The number of amides is 1. The molecule has 2 rings (SSSR count). The van der Waals surface area contributed by atoms with Crippen molar-refractivity contribution in [2.75, 3.05) is 7.11 Å². The second-order valence-electron chi connectivity index (χ2n) is 6.99. The number of carbonyl (C=O) groups is 3. The van der Waals surface area contributed by atoms with Gasteiger partial charge in [0.2, 0.25) is 11.7 Å². The molecule has 0 aliphatic heterocycles. The molecule has 0 radical (unpaired) electrons. The lowest BCUT2D eigenvalue weighted by molar-refractivity contribution is -0.172. The third-order valence-electron chi connectivity index (χ3n) is 4.73. The summed E-state index contributed by atoms with van der Waals surface area (Å²) in [6.07, 6.45) is -2.63. The fraction of sp³-hybridized carbons (Fsp3) is 0.364. The number of methoxy groups -OCH3 is 1. The summed E-state index contributed by atoms with van der Waals surface area (Å²) in [7, 11) is 1.15. The van der Waals surface area contributed by atoms with E-state index in [1.165, 1.54) is 12.4 Å². The highest BCUT2D eigenvalue weighted by Gasteiger charge is 2.40. The summed E-state index contributed by atoms with van der Waals surface area (Å²) in [6, 6.07) is 11.1. The molecular formula is C22H23F3N2O4. The number of hydrogen-bond acceptors (Lipinski definition) is 5. The van der Waals surface area contributed by atoms with Crippen LogP contribution in [0.3, 0.4) is 0 Å². The maximum absolute atomic E-state index is 12.8. The Labute approximate surface area is 177 Å². The largest absolute Gasteiger partial charge is 0.467 e. The highest BCUT2D eigenvalue weighted by molar-refractivity contribution is 5.91. The monoisotopic (exact) mass is 436 g/mol. The zero-order valence-electron chi connectivity index (χ0n) is 16.9. The van der Waals surface area contributed by atoms with E-state index in [0.29, 0.717) is 12.0 Å². The molecule has 1 aromatic heterocycles. The van der Waals surface area contributed by atoms with Crippen molar-refractivity contribution >= 4 is 17.7 Å². The number of Topliss-reactive ketones (excluding diaryl/α,β-unsaturated/α-hetero) is 1. The molecule has 0 spiro atoms. The van der Waals surface area contributed by atoms with Gasteiger partial charge in [0.15, 0.2) is 0 Å². The van der Waals surface area contributed by atoms with E-state index < -0.39 is 42.2 Å². The SMILES string of the molecule is COC(=O)[C@H](Cc1ccncc1)NC(=O)[C@H](CCc1ccccc1)CC(=O)C(F)(F)F. The number of aryl methyl sites for hydroxylation is 1. The van der Waals surface area contributed by atoms with Crippen molar-refractivity contribution in [3.8, 4) is 0 Å². The van der Waals surface area contributed by atoms with E-state index in [-0.39, 0.29) is 12.8 Å². The number of hydrogen-bond donors (Lipinski definition) is 1. The lowest BCUT2D eigenvalue weighted by Crippen LogP contribution is -2.46. The number of ether oxygens (including phenoxy) is 1. The second kappa shape index (κ2) is 11.2. The number of nitrogens with one attached hydrogen (secondary N) is 1. The zero-order chi connectivity index (χ0) is 22.9. The molecule has 9 heteroatoms. The number of esters is 1. The minimum Gasteiger partial charge on any atom is -0.467 e. The van der Waals surface area contributed by atoms with E-state index in [9.17, 15) is 27.6 Å². The number of benzene rings is 1. The molecule has 1 amide bonds. The molecule has 1 N–H and O–H groups in total. The number of pyridine rings is 1. The third kappa shape index (κ3) is 7.84. The second-order valence-corrected chi connectivity index (χ2v) is 6.99. The molecule has 0 aliphatic carbocycles. The van der Waals surface area contributed by atoms with Crippen LogP contribution in [0.5, 0.6) is 0 Å². The Balaban J connectivity index is 2.15. The predicted octanol–water partition coefficient (Wildman–Crippen LogP) is 3.05. The van der Waals surface area contributed by atoms with Crippen molar-refractivity contribution in [3.05, 3.63) is 66.0 Å². The molecule has 0 unspecified atom stereocenters. The van der Waals surface area contributed by atoms with Crippen LogP contribution in [0, 0.1) is 5.92 Å². The van der Waals surface area contributed by atoms with E-state index in [4.69, 9.17) is 4.74 Å². The first-order chi connectivity index (χ1) is 14.7. The highest BCUT2D eigenvalue weighted by atomic mass is 19.4. The van der Waals surface area contributed by atoms with Crippen LogP contribution in [0.1, 0.15) is 24.0 Å². The summed E-state index contributed by atoms with van der Waals surface area (Å²) in [5.41, 5.74) is 1.50. The van der Waals surface area contributed by atoms with Gasteiger partial charge in [-0.15, -0.1) is 0 Å². The van der Waals surface area contributed by atoms with Crippen LogP contribution >= 0.6 is 0 Å². The fourth-order valence-corrected chi connectivity index (χ4v) is 3.03. The fourth-order valence-electron chi connectivity index (χ4n) is 3.03. The number of alkyl halides is 3. The van der Waals surface area contributed by atoms with Crippen LogP contribution < -0.4 is 5.32 Å². The molecule has 0 aliphatic rings. The van der Waals surface area contributed by atoms with Crippen molar-refractivity contribution in [3.63, 3.8) is 0 Å². The molecule has 31 heavy (non-hydrogen) atoms. The first-order valence-electron chi connectivity index (χ1n) is 9.61. The molecular weight excluding hydrogens is 413 g/mol. The minimum absolute atomic E-state index is 0.0147. The quantitative estimate of drug-likeness (QED) is 0.579. The number of halogens is 3. The summed E-state index contributed by atoms with van der Waals surface area (Å²) in [4.78, 5) is 40.4. The summed E-state index contributed by atoms with van der Waals surface area (Å²) < 4.78 is 43.1. The number of ketones is 1. The van der Waals surface area contributed by atoms with E-state index in [0.717, 1.165) is 12.7 Å². The summed E-state index contributed by atoms with van der Waals surface area (Å²) in [5.74, 6) is -4.78. The van der Waals surface area contributed by atoms with Crippen LogP contribution in [-0.4, -0.2) is 42.0 Å². The van der Waals surface area contributed by atoms with Gasteiger partial charge in [-0.05, 0) is 36.1 Å². The van der Waals surface area contributed by atoms with Crippen molar-refractivity contribution in [2.24, 2.45) is 5.92 Å². The molecule has 0 saturated heterocycles. The van der Waals surface area contributed by atoms with Crippen LogP contribution in [0.4, 0.5) is 13.2 Å². The van der Waals surface area contributed by atoms with Crippen LogP contribution in [0.2, 0.25) is 0 Å². The molecule has 166 valence electrons. The standard InChI is InChI=1S/C22H23F3N2O4/c1-31-21(30)18(13-16-9-11-26-12-10-16)27-20(29)17(14-19(28)22(23,24)25)8-7-15-5-3-2-4-6-15/h2-6,9-12,17-18H,7-8,13-14H2,1H3,(H,27,29)/t17-,18+/m1/s1. The summed E-state index contributed by atoms with van der Waals surface area (Å²) in [6.45, 7) is 0. The van der Waals surface area contributed by atoms with E-state index in [1.54, 1.807) is 42.5 Å². The number of nitrogens with zero attached hydrogens (tertiary/aromatic N) is 1. The van der Waals surface area contributed by atoms with Crippen molar-refractivity contribution in [2.45, 2.75) is 37.9 Å². The molecule has 1 heterocycles. The highest BCUT2D eigenvalue weighted by Crippen LogP contribution is 2.23. The van der Waals surface area contributed by atoms with Crippen molar-refractivity contribution in [1.29, 1.82) is 0 Å². The van der Waals surface area contributed by atoms with E-state index in [2.05, 4.69) is 10.3 Å². The average molecular weight is 436 g/mol. The first kappa shape index (κ1) is 24.0. The van der Waals surface area contributed by atoms with Crippen molar-refractivity contribution < 1.29 is 32.3 Å². The number of rotatable bonds is 10. The maximum atomic E-state index is 12.8. The Bertz CT molecular complexity index is 873. The van der Waals surface area contributed by atoms with Gasteiger partial charge in [0.05, 0.1) is 7.11 Å². The van der Waals surface area contributed by atoms with Gasteiger partial charge in [0.25, 0.3) is 0 Å². The molecule has 0 fully saturated rings. The number of aromatic nitrogens is 1. The molecule has 1 aromatic carbocycles. The predicted molar refractivity (Wildman–Crippen MR) is 106 cm³/mol. The topological polar surface area (TPSA) is 85.4 Å². The van der Waals surface area contributed by atoms with Gasteiger partial charge in [-0.25, -0.2) is 4.79 Å². The Morgan fingerprint density at radius 2 is 1.68 bits per heavy atom. The maximum Gasteiger partial charge on any atom is 0.449 e. The molecule has 0 bridgehead atoms. The van der Waals surface area contributed by atoms with Gasteiger partial charge >= 0.3 is 12.1 Å². The Hall–Kier alpha value is -3.23. The van der Waals surface area contributed by atoms with Crippen LogP contribution in [0.15, 0.2) is 54.9 Å². The lowest BCUT2D eigenvalue weighted by atomic mass is 9.93. The van der Waals surface area contributed by atoms with E-state index >= 15 is 0 Å². The van der Waals surface area contributed by atoms with E-state index in [1.807, 2.05) is 0 Å². The lowest BCUT2D eigenvalue weighted by Gasteiger charge is -2.21. The molecule has 2 aromatic rings. The van der Waals surface area contributed by atoms with Crippen LogP contribution in [0.25, 0.3) is 0 Å². The minimum atomic E-state index is -5.04.